The normalized spacial score (nSPS) is 36.3. The summed E-state index contributed by atoms with van der Waals surface area (Å²) >= 11 is 0. The number of rotatable bonds is 4. The van der Waals surface area contributed by atoms with E-state index in [-0.39, 0.29) is 0 Å². The lowest BCUT2D eigenvalue weighted by Crippen LogP contribution is -2.29. The second kappa shape index (κ2) is 5.15. The van der Waals surface area contributed by atoms with Gasteiger partial charge in [-0.05, 0) is 73.8 Å². The molecule has 0 amide bonds. The summed E-state index contributed by atoms with van der Waals surface area (Å²) in [6.07, 6.45) is 7.47. The van der Waals surface area contributed by atoms with E-state index in [0.29, 0.717) is 5.41 Å². The molecule has 2 fully saturated rings. The van der Waals surface area contributed by atoms with E-state index in [2.05, 4.69) is 39.9 Å². The molecule has 1 N–H and O–H groups in total. The van der Waals surface area contributed by atoms with Crippen LogP contribution in [0.1, 0.15) is 66.7 Å². The van der Waals surface area contributed by atoms with Crippen molar-refractivity contribution in [1.82, 2.24) is 5.32 Å². The molecule has 0 radical (unpaired) electrons. The van der Waals surface area contributed by atoms with Crippen LogP contribution >= 0.6 is 0 Å². The predicted molar refractivity (Wildman–Crippen MR) is 79.7 cm³/mol. The van der Waals surface area contributed by atoms with Crippen LogP contribution < -0.4 is 5.32 Å². The van der Waals surface area contributed by atoms with Gasteiger partial charge in [0.2, 0.25) is 0 Å². The summed E-state index contributed by atoms with van der Waals surface area (Å²) in [6, 6.07) is 0. The average Bonchev–Trinajstić information content (AvgIpc) is 2.90. The quantitative estimate of drug-likeness (QED) is 0.777. The van der Waals surface area contributed by atoms with Gasteiger partial charge in [-0.25, -0.2) is 0 Å². The summed E-state index contributed by atoms with van der Waals surface area (Å²) in [5, 5.41) is 3.66. The number of hydrogen-bond acceptors (Lipinski definition) is 1. The van der Waals surface area contributed by atoms with Crippen LogP contribution in [0.3, 0.4) is 0 Å². The van der Waals surface area contributed by atoms with Crippen molar-refractivity contribution >= 4 is 0 Å². The van der Waals surface area contributed by atoms with Gasteiger partial charge in [0.25, 0.3) is 0 Å². The highest BCUT2D eigenvalue weighted by Crippen LogP contribution is 2.63. The van der Waals surface area contributed by atoms with Gasteiger partial charge in [-0.1, -0.05) is 34.6 Å². The smallest absolute Gasteiger partial charge is 0.00149 e. The molecule has 1 atom stereocenters. The molecule has 0 aromatic carbocycles. The van der Waals surface area contributed by atoms with E-state index in [4.69, 9.17) is 0 Å². The van der Waals surface area contributed by atoms with Gasteiger partial charge in [-0.2, -0.15) is 0 Å². The molecule has 1 unspecified atom stereocenters. The van der Waals surface area contributed by atoms with Gasteiger partial charge in [0.05, 0.1) is 0 Å². The average molecular weight is 251 g/mol. The van der Waals surface area contributed by atoms with Crippen LogP contribution in [-0.4, -0.2) is 13.1 Å². The Labute approximate surface area is 114 Å². The second-order valence-electron chi connectivity index (χ2n) is 8.46. The van der Waals surface area contributed by atoms with Crippen molar-refractivity contribution in [2.75, 3.05) is 13.1 Å². The van der Waals surface area contributed by atoms with Crippen LogP contribution in [-0.2, 0) is 0 Å². The third-order valence-corrected chi connectivity index (χ3v) is 5.51. The Morgan fingerprint density at radius 2 is 1.78 bits per heavy atom. The van der Waals surface area contributed by atoms with Crippen LogP contribution in [0.15, 0.2) is 0 Å². The van der Waals surface area contributed by atoms with Crippen molar-refractivity contribution in [2.45, 2.75) is 66.7 Å². The van der Waals surface area contributed by atoms with Gasteiger partial charge < -0.3 is 5.32 Å². The summed E-state index contributed by atoms with van der Waals surface area (Å²) in [5.41, 5.74) is 1.30. The minimum Gasteiger partial charge on any atom is -0.316 e. The summed E-state index contributed by atoms with van der Waals surface area (Å²) in [4.78, 5) is 0. The molecule has 0 aromatic heterocycles. The van der Waals surface area contributed by atoms with Gasteiger partial charge >= 0.3 is 0 Å². The van der Waals surface area contributed by atoms with Crippen molar-refractivity contribution < 1.29 is 0 Å². The molecular weight excluding hydrogens is 218 g/mol. The van der Waals surface area contributed by atoms with Crippen molar-refractivity contribution in [1.29, 1.82) is 0 Å². The first-order valence-corrected chi connectivity index (χ1v) is 8.04. The molecule has 2 saturated carbocycles. The zero-order valence-corrected chi connectivity index (χ0v) is 13.2. The minimum absolute atomic E-state index is 0.530. The molecule has 0 bridgehead atoms. The molecule has 0 aromatic rings. The standard InChI is InChI=1S/C17H33N/c1-13(2)11-18-12-15-10-17(15)8-6-14(7-9-17)16(3,4)5/h13-15,18H,6-12H2,1-5H3. The summed E-state index contributed by atoms with van der Waals surface area (Å²) in [6.45, 7) is 14.3. The lowest BCUT2D eigenvalue weighted by molar-refractivity contribution is 0.134. The van der Waals surface area contributed by atoms with E-state index < -0.39 is 0 Å². The summed E-state index contributed by atoms with van der Waals surface area (Å²) < 4.78 is 0. The molecule has 1 nitrogen and oxygen atoms in total. The topological polar surface area (TPSA) is 12.0 Å². The van der Waals surface area contributed by atoms with Gasteiger partial charge in [0, 0.05) is 0 Å². The maximum absolute atomic E-state index is 3.66. The maximum Gasteiger partial charge on any atom is -0.00149 e. The second-order valence-corrected chi connectivity index (χ2v) is 8.46. The largest absolute Gasteiger partial charge is 0.316 e. The highest BCUT2D eigenvalue weighted by molar-refractivity contribution is 5.05. The van der Waals surface area contributed by atoms with Crippen LogP contribution in [0.5, 0.6) is 0 Å². The highest BCUT2D eigenvalue weighted by Gasteiger charge is 2.54. The Balaban J connectivity index is 1.71. The van der Waals surface area contributed by atoms with Crippen molar-refractivity contribution in [3.63, 3.8) is 0 Å². The van der Waals surface area contributed by atoms with Crippen molar-refractivity contribution in [2.24, 2.45) is 28.6 Å². The molecule has 2 rings (SSSR count). The van der Waals surface area contributed by atoms with E-state index in [0.717, 1.165) is 23.2 Å². The zero-order chi connectivity index (χ0) is 13.4. The molecule has 2 aliphatic carbocycles. The van der Waals surface area contributed by atoms with E-state index in [9.17, 15) is 0 Å². The highest BCUT2D eigenvalue weighted by atomic mass is 14.9. The molecular formula is C17H33N. The van der Waals surface area contributed by atoms with Gasteiger partial charge in [0.15, 0.2) is 0 Å². The maximum atomic E-state index is 3.66. The molecule has 1 heteroatoms. The predicted octanol–water partition coefficient (Wildman–Crippen LogP) is 4.47. The molecule has 2 aliphatic rings. The number of nitrogens with one attached hydrogen (secondary N) is 1. The van der Waals surface area contributed by atoms with Crippen LogP contribution in [0.4, 0.5) is 0 Å². The van der Waals surface area contributed by atoms with E-state index in [1.807, 2.05) is 0 Å². The van der Waals surface area contributed by atoms with Gasteiger partial charge in [0.1, 0.15) is 0 Å². The Bertz CT molecular complexity index is 266. The van der Waals surface area contributed by atoms with E-state index in [1.165, 1.54) is 45.2 Å². The SMILES string of the molecule is CC(C)CNCC1CC12CCC(C(C)(C)C)CC2. The Kier molecular flexibility index (Phi) is 4.11. The van der Waals surface area contributed by atoms with E-state index >= 15 is 0 Å². The lowest BCUT2D eigenvalue weighted by Gasteiger charge is -2.37. The fourth-order valence-electron chi connectivity index (χ4n) is 3.94. The van der Waals surface area contributed by atoms with Crippen molar-refractivity contribution in [3.8, 4) is 0 Å². The fourth-order valence-corrected chi connectivity index (χ4v) is 3.94. The molecule has 106 valence electrons. The van der Waals surface area contributed by atoms with Crippen LogP contribution in [0.25, 0.3) is 0 Å². The Morgan fingerprint density at radius 1 is 1.17 bits per heavy atom. The molecule has 0 aliphatic heterocycles. The fraction of sp³-hybridized carbons (Fsp3) is 1.00. The number of hydrogen-bond donors (Lipinski definition) is 1. The summed E-state index contributed by atoms with van der Waals surface area (Å²) in [7, 11) is 0. The van der Waals surface area contributed by atoms with Gasteiger partial charge in [-0.15, -0.1) is 0 Å². The van der Waals surface area contributed by atoms with Crippen LogP contribution in [0.2, 0.25) is 0 Å². The van der Waals surface area contributed by atoms with E-state index in [1.54, 1.807) is 0 Å². The first-order chi connectivity index (χ1) is 8.33. The minimum atomic E-state index is 0.530. The first kappa shape index (κ1) is 14.4. The first-order valence-electron chi connectivity index (χ1n) is 8.04. The molecule has 1 spiro atoms. The van der Waals surface area contributed by atoms with Crippen molar-refractivity contribution in [3.05, 3.63) is 0 Å². The van der Waals surface area contributed by atoms with Gasteiger partial charge in [-0.3, -0.25) is 0 Å². The third-order valence-electron chi connectivity index (χ3n) is 5.51. The molecule has 0 saturated heterocycles. The lowest BCUT2D eigenvalue weighted by atomic mass is 9.68. The molecule has 0 heterocycles. The monoisotopic (exact) mass is 251 g/mol. The molecule has 18 heavy (non-hydrogen) atoms. The summed E-state index contributed by atoms with van der Waals surface area (Å²) in [5.74, 6) is 2.75. The van der Waals surface area contributed by atoms with Crippen LogP contribution in [0, 0.1) is 28.6 Å². The Hall–Kier alpha value is -0.0400. The Morgan fingerprint density at radius 3 is 2.28 bits per heavy atom. The zero-order valence-electron chi connectivity index (χ0n) is 13.2. The third kappa shape index (κ3) is 3.29.